The Balaban J connectivity index is 1.95. The van der Waals surface area contributed by atoms with Gasteiger partial charge in [0.2, 0.25) is 0 Å². The zero-order valence-electron chi connectivity index (χ0n) is 18.8. The SMILES string of the molecule is COc1c(Cl)c(C)c(C(=O)O)c(O)c1[C@H]1C[C@]2(C)C3C(C=C(C=O)[C@]12O)CC(C)(C)[C@@H]3O. The molecule has 1 aromatic rings. The number of phenols is 1. The van der Waals surface area contributed by atoms with Crippen LogP contribution in [0.4, 0.5) is 0 Å². The van der Waals surface area contributed by atoms with Crippen LogP contribution in [-0.2, 0) is 4.79 Å². The zero-order chi connectivity index (χ0) is 24.0. The maximum atomic E-state index is 12.1. The number of aliphatic hydroxyl groups is 2. The Kier molecular flexibility index (Phi) is 5.02. The van der Waals surface area contributed by atoms with Gasteiger partial charge in [0.15, 0.2) is 0 Å². The second-order valence-electron chi connectivity index (χ2n) is 10.4. The van der Waals surface area contributed by atoms with E-state index < -0.39 is 34.8 Å². The van der Waals surface area contributed by atoms with Crippen molar-refractivity contribution >= 4 is 23.9 Å². The van der Waals surface area contributed by atoms with Crippen LogP contribution in [0.5, 0.6) is 11.5 Å². The number of fused-ring (bicyclic) bond motifs is 3. The van der Waals surface area contributed by atoms with Gasteiger partial charge in [-0.25, -0.2) is 4.79 Å². The first-order valence-corrected chi connectivity index (χ1v) is 11.1. The summed E-state index contributed by atoms with van der Waals surface area (Å²) in [6, 6.07) is 0. The minimum Gasteiger partial charge on any atom is -0.507 e. The largest absolute Gasteiger partial charge is 0.507 e. The first-order valence-electron chi connectivity index (χ1n) is 10.7. The van der Waals surface area contributed by atoms with Crippen LogP contribution in [0.25, 0.3) is 0 Å². The van der Waals surface area contributed by atoms with E-state index in [1.54, 1.807) is 6.08 Å². The monoisotopic (exact) mass is 464 g/mol. The Labute approximate surface area is 191 Å². The molecular formula is C24H29ClO7. The summed E-state index contributed by atoms with van der Waals surface area (Å²) in [4.78, 5) is 24.0. The lowest BCUT2D eigenvalue weighted by atomic mass is 9.40. The van der Waals surface area contributed by atoms with E-state index in [2.05, 4.69) is 0 Å². The number of aromatic carboxylic acids is 1. The first-order chi connectivity index (χ1) is 14.8. The second kappa shape index (κ2) is 6.95. The fraction of sp³-hybridized carbons (Fsp3) is 0.583. The summed E-state index contributed by atoms with van der Waals surface area (Å²) < 4.78 is 5.44. The van der Waals surface area contributed by atoms with Crippen molar-refractivity contribution in [3.63, 3.8) is 0 Å². The number of hydrogen-bond donors (Lipinski definition) is 4. The molecule has 2 unspecified atom stereocenters. The number of carboxylic acid groups (broad SMARTS) is 1. The number of allylic oxidation sites excluding steroid dienone is 1. The van der Waals surface area contributed by atoms with Gasteiger partial charge in [0, 0.05) is 28.4 Å². The smallest absolute Gasteiger partial charge is 0.339 e. The highest BCUT2D eigenvalue weighted by Gasteiger charge is 2.73. The molecule has 7 nitrogen and oxygen atoms in total. The highest BCUT2D eigenvalue weighted by Crippen LogP contribution is 2.73. The van der Waals surface area contributed by atoms with Crippen LogP contribution in [0, 0.1) is 29.6 Å². The summed E-state index contributed by atoms with van der Waals surface area (Å²) in [5.41, 5.74) is -2.95. The molecule has 0 heterocycles. The molecule has 8 heteroatoms. The quantitative estimate of drug-likeness (QED) is 0.503. The Hall–Kier alpha value is -2.09. The molecule has 3 aliphatic rings. The van der Waals surface area contributed by atoms with Crippen molar-refractivity contribution in [2.75, 3.05) is 7.11 Å². The number of aldehydes is 1. The van der Waals surface area contributed by atoms with Crippen molar-refractivity contribution in [1.82, 2.24) is 0 Å². The third-order valence-corrected chi connectivity index (χ3v) is 8.93. The molecule has 4 rings (SSSR count). The fourth-order valence-electron chi connectivity index (χ4n) is 6.87. The maximum absolute atomic E-state index is 12.1. The summed E-state index contributed by atoms with van der Waals surface area (Å²) >= 11 is 6.41. The maximum Gasteiger partial charge on any atom is 0.339 e. The number of aromatic hydroxyl groups is 1. The number of aliphatic hydroxyl groups excluding tert-OH is 1. The lowest BCUT2D eigenvalue weighted by molar-refractivity contribution is -0.210. The van der Waals surface area contributed by atoms with Crippen molar-refractivity contribution in [3.05, 3.63) is 33.4 Å². The van der Waals surface area contributed by atoms with Gasteiger partial charge in [-0.05, 0) is 36.7 Å². The highest BCUT2D eigenvalue weighted by molar-refractivity contribution is 6.33. The van der Waals surface area contributed by atoms with Crippen LogP contribution >= 0.6 is 11.6 Å². The van der Waals surface area contributed by atoms with Crippen molar-refractivity contribution in [3.8, 4) is 11.5 Å². The van der Waals surface area contributed by atoms with Crippen molar-refractivity contribution in [2.45, 2.75) is 58.2 Å². The van der Waals surface area contributed by atoms with E-state index >= 15 is 0 Å². The molecule has 0 aliphatic heterocycles. The number of carbonyl (C=O) groups excluding carboxylic acids is 1. The molecule has 3 aliphatic carbocycles. The van der Waals surface area contributed by atoms with E-state index in [4.69, 9.17) is 16.3 Å². The lowest BCUT2D eigenvalue weighted by Crippen LogP contribution is -2.69. The molecule has 4 N–H and O–H groups in total. The van der Waals surface area contributed by atoms with Gasteiger partial charge < -0.3 is 25.2 Å². The molecule has 2 fully saturated rings. The third kappa shape index (κ3) is 2.56. The first kappa shape index (κ1) is 23.1. The number of carboxylic acids is 1. The van der Waals surface area contributed by atoms with Crippen LogP contribution in [0.2, 0.25) is 5.02 Å². The number of benzene rings is 1. The van der Waals surface area contributed by atoms with Gasteiger partial charge in [0.25, 0.3) is 0 Å². The number of rotatable bonds is 4. The van der Waals surface area contributed by atoms with Crippen LogP contribution < -0.4 is 4.74 Å². The van der Waals surface area contributed by atoms with Gasteiger partial charge in [0.1, 0.15) is 28.9 Å². The van der Waals surface area contributed by atoms with Crippen molar-refractivity contribution in [1.29, 1.82) is 0 Å². The van der Waals surface area contributed by atoms with E-state index in [9.17, 15) is 30.0 Å². The minimum atomic E-state index is -1.73. The van der Waals surface area contributed by atoms with E-state index in [-0.39, 0.29) is 50.3 Å². The van der Waals surface area contributed by atoms with Gasteiger partial charge in [-0.1, -0.05) is 38.4 Å². The van der Waals surface area contributed by atoms with Gasteiger partial charge in [-0.3, -0.25) is 4.79 Å². The van der Waals surface area contributed by atoms with Gasteiger partial charge in [0.05, 0.1) is 18.2 Å². The van der Waals surface area contributed by atoms with E-state index in [0.717, 1.165) is 0 Å². The molecule has 0 aromatic heterocycles. The van der Waals surface area contributed by atoms with Crippen LogP contribution in [0.1, 0.15) is 61.0 Å². The molecule has 0 saturated heterocycles. The molecule has 6 atom stereocenters. The van der Waals surface area contributed by atoms with Gasteiger partial charge >= 0.3 is 5.97 Å². The summed E-state index contributed by atoms with van der Waals surface area (Å²) in [5.74, 6) is -3.02. The number of methoxy groups -OCH3 is 1. The molecule has 0 amide bonds. The van der Waals surface area contributed by atoms with Crippen molar-refractivity contribution < 1.29 is 34.8 Å². The normalized spacial score (nSPS) is 37.1. The number of halogens is 1. The predicted molar refractivity (Wildman–Crippen MR) is 117 cm³/mol. The lowest BCUT2D eigenvalue weighted by Gasteiger charge is -2.66. The highest BCUT2D eigenvalue weighted by atomic mass is 35.5. The zero-order valence-corrected chi connectivity index (χ0v) is 19.5. The molecule has 0 bridgehead atoms. The average Bonchev–Trinajstić information content (AvgIpc) is 2.94. The number of hydrogen-bond acceptors (Lipinski definition) is 6. The van der Waals surface area contributed by atoms with E-state index in [1.165, 1.54) is 14.0 Å². The summed E-state index contributed by atoms with van der Waals surface area (Å²) in [7, 11) is 1.35. The summed E-state index contributed by atoms with van der Waals surface area (Å²) in [5, 5.41) is 43.9. The molecule has 0 spiro atoms. The Morgan fingerprint density at radius 3 is 2.44 bits per heavy atom. The summed E-state index contributed by atoms with van der Waals surface area (Å²) in [6.45, 7) is 7.25. The molecule has 2 saturated carbocycles. The van der Waals surface area contributed by atoms with Crippen molar-refractivity contribution in [2.24, 2.45) is 22.7 Å². The Morgan fingerprint density at radius 1 is 1.28 bits per heavy atom. The molecular weight excluding hydrogens is 436 g/mol. The Bertz CT molecular complexity index is 1060. The molecule has 174 valence electrons. The standard InChI is InChI=1S/C24H29ClO7/c1-10-14(21(29)30)18(27)15(19(32-5)17(10)25)13-8-23(4)16-11(7-22(2,3)20(16)28)6-12(9-26)24(13,23)31/h6,9,11,13,16,20,27-28,31H,7-8H2,1-5H3,(H,29,30)/t11?,13-,16?,20-,23-,24+/m1/s1. The Morgan fingerprint density at radius 2 is 1.91 bits per heavy atom. The van der Waals surface area contributed by atoms with Crippen LogP contribution in [-0.4, -0.2) is 51.5 Å². The average molecular weight is 465 g/mol. The predicted octanol–water partition coefficient (Wildman–Crippen LogP) is 3.45. The number of ether oxygens (including phenoxy) is 1. The van der Waals surface area contributed by atoms with E-state index in [0.29, 0.717) is 19.1 Å². The van der Waals surface area contributed by atoms with Gasteiger partial charge in [-0.15, -0.1) is 0 Å². The molecule has 1 aromatic carbocycles. The van der Waals surface area contributed by atoms with Crippen LogP contribution in [0.3, 0.4) is 0 Å². The fourth-order valence-corrected chi connectivity index (χ4v) is 7.15. The topological polar surface area (TPSA) is 124 Å². The summed E-state index contributed by atoms with van der Waals surface area (Å²) in [6.07, 6.45) is 2.66. The third-order valence-electron chi connectivity index (χ3n) is 8.47. The second-order valence-corrected chi connectivity index (χ2v) is 10.8. The van der Waals surface area contributed by atoms with Crippen LogP contribution in [0.15, 0.2) is 11.6 Å². The van der Waals surface area contributed by atoms with E-state index in [1.807, 2.05) is 20.8 Å². The van der Waals surface area contributed by atoms with Gasteiger partial charge in [-0.2, -0.15) is 0 Å². The molecule has 0 radical (unpaired) electrons. The number of carbonyl (C=O) groups is 2. The minimum absolute atomic E-state index is 0.0299. The molecule has 32 heavy (non-hydrogen) atoms.